The highest BCUT2D eigenvalue weighted by molar-refractivity contribution is 5.91. The summed E-state index contributed by atoms with van der Waals surface area (Å²) in [6, 6.07) is 7.50. The lowest BCUT2D eigenvalue weighted by molar-refractivity contribution is -0.139. The Morgan fingerprint density at radius 2 is 1.97 bits per heavy atom. The zero-order valence-corrected chi connectivity index (χ0v) is 17.9. The molecular formula is C22H26N6O4. The second-order valence-electron chi connectivity index (χ2n) is 8.89. The van der Waals surface area contributed by atoms with Crippen LogP contribution in [0.5, 0.6) is 0 Å². The maximum atomic E-state index is 13.3. The van der Waals surface area contributed by atoms with E-state index in [0.717, 1.165) is 43.6 Å². The van der Waals surface area contributed by atoms with Crippen molar-refractivity contribution in [3.63, 3.8) is 0 Å². The number of nitrogens with zero attached hydrogens (tertiary/aromatic N) is 6. The van der Waals surface area contributed by atoms with E-state index in [-0.39, 0.29) is 29.9 Å². The fraction of sp³-hybridized carbons (Fsp3) is 0.500. The van der Waals surface area contributed by atoms with E-state index in [1.54, 1.807) is 4.90 Å². The third-order valence-electron chi connectivity index (χ3n) is 6.86. The topological polar surface area (TPSA) is 114 Å². The maximum Gasteiger partial charge on any atom is 0.333 e. The molecule has 2 aromatic rings. The molecular weight excluding hydrogens is 412 g/mol. The molecule has 1 aromatic heterocycles. The molecule has 1 N–H and O–H groups in total. The first-order chi connectivity index (χ1) is 15.4. The number of likely N-dealkylation sites (tertiary alicyclic amines) is 2. The molecule has 168 valence electrons. The lowest BCUT2D eigenvalue weighted by Crippen LogP contribution is -2.45. The quantitative estimate of drug-likeness (QED) is 0.683. The molecule has 2 fully saturated rings. The lowest BCUT2D eigenvalue weighted by Gasteiger charge is -2.38. The second-order valence-corrected chi connectivity index (χ2v) is 8.89. The summed E-state index contributed by atoms with van der Waals surface area (Å²) in [4.78, 5) is 30.2. The van der Waals surface area contributed by atoms with Crippen LogP contribution in [0.4, 0.5) is 0 Å². The smallest absolute Gasteiger partial charge is 0.333 e. The van der Waals surface area contributed by atoms with Crippen LogP contribution in [0.2, 0.25) is 0 Å². The molecule has 5 rings (SSSR count). The van der Waals surface area contributed by atoms with Crippen molar-refractivity contribution in [2.45, 2.75) is 38.3 Å². The number of amides is 1. The number of hydrogen-bond acceptors (Lipinski definition) is 8. The van der Waals surface area contributed by atoms with Crippen molar-refractivity contribution in [3.05, 3.63) is 47.9 Å². The summed E-state index contributed by atoms with van der Waals surface area (Å²) in [5.74, 6) is -0.276. The van der Waals surface area contributed by atoms with Gasteiger partial charge in [-0.3, -0.25) is 4.79 Å². The molecule has 0 saturated carbocycles. The van der Waals surface area contributed by atoms with Crippen molar-refractivity contribution in [1.82, 2.24) is 30.0 Å². The number of β-amino-alcohol motifs (C(OH)–C–C–N with tert-alkyl or cyclic N) is 1. The zero-order valence-electron chi connectivity index (χ0n) is 17.9. The first-order valence-electron chi connectivity index (χ1n) is 10.9. The van der Waals surface area contributed by atoms with Crippen LogP contribution >= 0.6 is 0 Å². The Morgan fingerprint density at radius 1 is 1.22 bits per heavy atom. The van der Waals surface area contributed by atoms with E-state index in [0.29, 0.717) is 12.2 Å². The van der Waals surface area contributed by atoms with Gasteiger partial charge in [-0.25, -0.2) is 4.79 Å². The molecule has 0 aliphatic carbocycles. The van der Waals surface area contributed by atoms with E-state index < -0.39 is 6.10 Å². The number of tetrazole rings is 1. The van der Waals surface area contributed by atoms with Crippen LogP contribution in [0.25, 0.3) is 5.69 Å². The molecule has 10 heteroatoms. The Balaban J connectivity index is 1.19. The number of hydrogen-bond donors (Lipinski definition) is 1. The van der Waals surface area contributed by atoms with Gasteiger partial charge in [0.25, 0.3) is 0 Å². The number of aromatic nitrogens is 4. The number of carbonyl (C=O) groups is 2. The summed E-state index contributed by atoms with van der Waals surface area (Å²) >= 11 is 0. The van der Waals surface area contributed by atoms with E-state index in [9.17, 15) is 14.7 Å². The van der Waals surface area contributed by atoms with Gasteiger partial charge in [-0.2, -0.15) is 0 Å². The largest absolute Gasteiger partial charge is 0.456 e. The molecule has 2 atom stereocenters. The number of ether oxygens (including phenoxy) is 1. The van der Waals surface area contributed by atoms with E-state index in [2.05, 4.69) is 20.3 Å². The molecule has 3 aliphatic heterocycles. The van der Waals surface area contributed by atoms with Gasteiger partial charge >= 0.3 is 5.97 Å². The van der Waals surface area contributed by atoms with Gasteiger partial charge in [0, 0.05) is 18.7 Å². The number of carbonyl (C=O) groups excluding carboxylic acids is 2. The molecule has 2 saturated heterocycles. The highest BCUT2D eigenvalue weighted by Gasteiger charge is 2.52. The summed E-state index contributed by atoms with van der Waals surface area (Å²) in [6.45, 7) is 4.22. The first kappa shape index (κ1) is 20.8. The lowest BCUT2D eigenvalue weighted by atomic mass is 9.76. The Labute approximate surface area is 185 Å². The minimum absolute atomic E-state index is 0.0541. The minimum atomic E-state index is -0.622. The Morgan fingerprint density at radius 3 is 2.59 bits per heavy atom. The molecule has 0 bridgehead atoms. The normalized spacial score (nSPS) is 24.1. The molecule has 32 heavy (non-hydrogen) atoms. The van der Waals surface area contributed by atoms with Gasteiger partial charge in [-0.1, -0.05) is 12.1 Å². The number of benzene rings is 1. The van der Waals surface area contributed by atoms with Gasteiger partial charge in [0.2, 0.25) is 5.91 Å². The van der Waals surface area contributed by atoms with Crippen LogP contribution in [0.3, 0.4) is 0 Å². The second kappa shape index (κ2) is 8.10. The molecule has 1 aromatic carbocycles. The number of esters is 1. The predicted octanol–water partition coefficient (Wildman–Crippen LogP) is 0.839. The van der Waals surface area contributed by atoms with Crippen LogP contribution in [0.15, 0.2) is 42.4 Å². The molecule has 1 spiro atoms. The average molecular weight is 438 g/mol. The summed E-state index contributed by atoms with van der Waals surface area (Å²) in [5, 5.41) is 22.3. The van der Waals surface area contributed by atoms with Gasteiger partial charge in [0.15, 0.2) is 6.33 Å². The van der Waals surface area contributed by atoms with Crippen molar-refractivity contribution >= 4 is 11.9 Å². The van der Waals surface area contributed by atoms with E-state index in [1.165, 1.54) is 17.2 Å². The predicted molar refractivity (Wildman–Crippen MR) is 112 cm³/mol. The molecule has 0 radical (unpaired) electrons. The molecule has 0 unspecified atom stereocenters. The minimum Gasteiger partial charge on any atom is -0.456 e. The molecule has 1 amide bonds. The van der Waals surface area contributed by atoms with E-state index >= 15 is 0 Å². The zero-order chi connectivity index (χ0) is 22.3. The van der Waals surface area contributed by atoms with Gasteiger partial charge < -0.3 is 19.6 Å². The van der Waals surface area contributed by atoms with Crippen molar-refractivity contribution < 1.29 is 19.4 Å². The van der Waals surface area contributed by atoms with Crippen LogP contribution in [-0.4, -0.2) is 79.3 Å². The SMILES string of the molecule is C[C@H]1CC2(CCN(C[C@H](O)c3ccc(-n4ncnn4)cc3)CC2)C(=O)N1C1=CC(=O)OC1. The Bertz CT molecular complexity index is 1030. The number of aliphatic hydroxyl groups excluding tert-OH is 1. The summed E-state index contributed by atoms with van der Waals surface area (Å²) < 4.78 is 5.01. The van der Waals surface area contributed by atoms with Gasteiger partial charge in [0.05, 0.1) is 22.9 Å². The molecule has 10 nitrogen and oxygen atoms in total. The van der Waals surface area contributed by atoms with Crippen LogP contribution in [-0.2, 0) is 14.3 Å². The number of piperidine rings is 1. The van der Waals surface area contributed by atoms with Crippen molar-refractivity contribution in [3.8, 4) is 5.69 Å². The van der Waals surface area contributed by atoms with Crippen molar-refractivity contribution in [1.29, 1.82) is 0 Å². The van der Waals surface area contributed by atoms with Gasteiger partial charge in [-0.15, -0.1) is 15.0 Å². The third kappa shape index (κ3) is 3.69. The van der Waals surface area contributed by atoms with Crippen LogP contribution in [0.1, 0.15) is 37.9 Å². The Kier molecular flexibility index (Phi) is 5.26. The highest BCUT2D eigenvalue weighted by atomic mass is 16.5. The summed E-state index contributed by atoms with van der Waals surface area (Å²) in [6.07, 6.45) is 4.47. The summed E-state index contributed by atoms with van der Waals surface area (Å²) in [5.41, 5.74) is 1.89. The number of cyclic esters (lactones) is 1. The van der Waals surface area contributed by atoms with Gasteiger partial charge in [0.1, 0.15) is 6.61 Å². The monoisotopic (exact) mass is 438 g/mol. The van der Waals surface area contributed by atoms with Crippen LogP contribution < -0.4 is 0 Å². The Hall–Kier alpha value is -3.11. The maximum absolute atomic E-state index is 13.3. The fourth-order valence-corrected chi connectivity index (χ4v) is 5.16. The first-order valence-corrected chi connectivity index (χ1v) is 10.9. The average Bonchev–Trinajstić information content (AvgIpc) is 3.52. The van der Waals surface area contributed by atoms with E-state index in [4.69, 9.17) is 4.74 Å². The van der Waals surface area contributed by atoms with Crippen molar-refractivity contribution in [2.24, 2.45) is 5.41 Å². The third-order valence-corrected chi connectivity index (χ3v) is 6.86. The summed E-state index contributed by atoms with van der Waals surface area (Å²) in [7, 11) is 0. The number of rotatable bonds is 5. The standard InChI is InChI=1S/C22H26N6O4/c1-15-11-22(21(31)27(15)18-10-20(30)32-13-18)6-8-26(9-7-22)12-19(29)16-2-4-17(5-3-16)28-24-14-23-25-28/h2-5,10,14-15,19,29H,6-9,11-13H2,1H3/t15-,19-/m0/s1. The van der Waals surface area contributed by atoms with Gasteiger partial charge in [-0.05, 0) is 62.2 Å². The van der Waals surface area contributed by atoms with Crippen LogP contribution in [0, 0.1) is 5.41 Å². The van der Waals surface area contributed by atoms with E-state index in [1.807, 2.05) is 31.2 Å². The fourth-order valence-electron chi connectivity index (χ4n) is 5.16. The molecule has 4 heterocycles. The molecule has 3 aliphatic rings. The number of aliphatic hydroxyl groups is 1. The highest BCUT2D eigenvalue weighted by Crippen LogP contribution is 2.46. The van der Waals surface area contributed by atoms with Crippen molar-refractivity contribution in [2.75, 3.05) is 26.2 Å².